The van der Waals surface area contributed by atoms with Gasteiger partial charge in [0.05, 0.1) is 6.10 Å². The van der Waals surface area contributed by atoms with E-state index in [-0.39, 0.29) is 11.7 Å². The van der Waals surface area contributed by atoms with E-state index < -0.39 is 30.6 Å². The van der Waals surface area contributed by atoms with Crippen LogP contribution >= 0.6 is 0 Å². The van der Waals surface area contributed by atoms with E-state index >= 15 is 0 Å². The summed E-state index contributed by atoms with van der Waals surface area (Å²) in [4.78, 5) is 28.9. The minimum absolute atomic E-state index is 0.0656. The molecule has 0 fully saturated rings. The molecule has 0 spiro atoms. The number of aromatic nitrogens is 2. The molecule has 2 N–H and O–H groups in total. The van der Waals surface area contributed by atoms with Gasteiger partial charge in [-0.1, -0.05) is 26.3 Å². The molecule has 4 unspecified atom stereocenters. The maximum absolute atomic E-state index is 12.7. The number of aryl methyl sites for hydroxylation is 2. The van der Waals surface area contributed by atoms with Crippen molar-refractivity contribution in [2.24, 2.45) is 5.92 Å². The molecule has 1 aromatic heterocycles. The number of anilines is 1. The van der Waals surface area contributed by atoms with Crippen molar-refractivity contribution in [3.8, 4) is 0 Å². The summed E-state index contributed by atoms with van der Waals surface area (Å²) < 4.78 is 31.6. The molecule has 33 heavy (non-hydrogen) atoms. The van der Waals surface area contributed by atoms with Crippen LogP contribution in [0.15, 0.2) is 35.3 Å². The Morgan fingerprint density at radius 2 is 1.94 bits per heavy atom. The third kappa shape index (κ3) is 7.43. The molecule has 7 nitrogen and oxygen atoms in total. The lowest BCUT2D eigenvalue weighted by Crippen LogP contribution is -2.36. The normalized spacial score (nSPS) is 15.2. The highest BCUT2D eigenvalue weighted by molar-refractivity contribution is 6.03. The van der Waals surface area contributed by atoms with Gasteiger partial charge in [0, 0.05) is 11.8 Å². The number of hydrogen-bond donors (Lipinski definition) is 2. The Bertz CT molecular complexity index is 996. The Morgan fingerprint density at radius 1 is 1.24 bits per heavy atom. The fourth-order valence-corrected chi connectivity index (χ4v) is 3.30. The number of alkyl halides is 2. The number of hydrogen-bond acceptors (Lipinski definition) is 5. The monoisotopic (exact) mass is 465 g/mol. The van der Waals surface area contributed by atoms with Crippen molar-refractivity contribution in [3.63, 3.8) is 0 Å². The summed E-state index contributed by atoms with van der Waals surface area (Å²) in [6.45, 7) is 9.14. The van der Waals surface area contributed by atoms with Gasteiger partial charge < -0.3 is 15.2 Å². The summed E-state index contributed by atoms with van der Waals surface area (Å²) in [6.07, 6.45) is -2.69. The predicted molar refractivity (Wildman–Crippen MR) is 123 cm³/mol. The number of carbonyl (C=O) groups excluding carboxylic acids is 1. The molecule has 0 aliphatic carbocycles. The lowest BCUT2D eigenvalue weighted by molar-refractivity contribution is -0.132. The molecular formula is C24H33F2N3O4. The number of carbonyl (C=O) groups is 1. The number of ether oxygens (including phenoxy) is 1. The Balaban J connectivity index is 2.09. The maximum Gasteiger partial charge on any atom is 0.351 e. The first-order chi connectivity index (χ1) is 15.5. The molecule has 0 radical (unpaired) electrons. The average Bonchev–Trinajstić information content (AvgIpc) is 2.77. The summed E-state index contributed by atoms with van der Waals surface area (Å²) in [5.41, 5.74) is 1.97. The van der Waals surface area contributed by atoms with Crippen LogP contribution in [0.1, 0.15) is 68.2 Å². The zero-order valence-corrected chi connectivity index (χ0v) is 19.7. The van der Waals surface area contributed by atoms with E-state index in [0.29, 0.717) is 11.5 Å². The van der Waals surface area contributed by atoms with E-state index in [0.717, 1.165) is 35.0 Å². The summed E-state index contributed by atoms with van der Waals surface area (Å²) in [7, 11) is 0. The van der Waals surface area contributed by atoms with Crippen molar-refractivity contribution < 1.29 is 23.4 Å². The van der Waals surface area contributed by atoms with Crippen LogP contribution < -0.4 is 11.0 Å². The average molecular weight is 466 g/mol. The molecule has 2 aromatic rings. The second-order valence-corrected chi connectivity index (χ2v) is 8.42. The fourth-order valence-electron chi connectivity index (χ4n) is 3.30. The van der Waals surface area contributed by atoms with Gasteiger partial charge in [-0.2, -0.15) is 4.98 Å². The van der Waals surface area contributed by atoms with Gasteiger partial charge in [-0.05, 0) is 68.9 Å². The standard InChI is InChI=1S/C24H33F2N3O4/c1-6-14(2)7-9-18-13-19(10-8-15(18)3)23(31)27-20-11-12-29(24(32)28-20)17(5)33-16(4)21(30)22(25)26/h8,10-14,16-17,21-22,30H,6-7,9H2,1-5H3,(H,27,28,31,32). The van der Waals surface area contributed by atoms with Crippen molar-refractivity contribution in [3.05, 3.63) is 57.6 Å². The number of nitrogens with one attached hydrogen (secondary N) is 1. The topological polar surface area (TPSA) is 93.5 Å². The van der Waals surface area contributed by atoms with Gasteiger partial charge in [0.2, 0.25) is 0 Å². The Kier molecular flexibility index (Phi) is 9.67. The summed E-state index contributed by atoms with van der Waals surface area (Å²) in [5.74, 6) is 0.281. The third-order valence-electron chi connectivity index (χ3n) is 5.83. The van der Waals surface area contributed by atoms with E-state index in [1.807, 2.05) is 19.1 Å². The second-order valence-electron chi connectivity index (χ2n) is 8.42. The lowest BCUT2D eigenvalue weighted by Gasteiger charge is -2.24. The van der Waals surface area contributed by atoms with Gasteiger partial charge in [-0.15, -0.1) is 0 Å². The van der Waals surface area contributed by atoms with Gasteiger partial charge in [0.15, 0.2) is 0 Å². The Hall–Kier alpha value is -2.65. The van der Waals surface area contributed by atoms with Gasteiger partial charge in [0.1, 0.15) is 18.1 Å². The highest BCUT2D eigenvalue weighted by Crippen LogP contribution is 2.19. The SMILES string of the molecule is CCC(C)CCc1cc(C(=O)Nc2ccn(C(C)OC(C)C(O)C(F)F)c(=O)n2)ccc1C. The largest absolute Gasteiger partial charge is 0.384 e. The lowest BCUT2D eigenvalue weighted by atomic mass is 9.95. The number of rotatable bonds is 11. The number of nitrogens with zero attached hydrogens (tertiary/aromatic N) is 2. The summed E-state index contributed by atoms with van der Waals surface area (Å²) in [5, 5.41) is 12.0. The van der Waals surface area contributed by atoms with E-state index in [1.165, 1.54) is 26.1 Å². The van der Waals surface area contributed by atoms with Gasteiger partial charge in [-0.25, -0.2) is 13.6 Å². The quantitative estimate of drug-likeness (QED) is 0.515. The van der Waals surface area contributed by atoms with Crippen LogP contribution in [0.4, 0.5) is 14.6 Å². The second kappa shape index (κ2) is 12.0. The van der Waals surface area contributed by atoms with Crippen molar-refractivity contribution in [2.75, 3.05) is 5.32 Å². The molecule has 9 heteroatoms. The first kappa shape index (κ1) is 26.6. The minimum Gasteiger partial charge on any atom is -0.384 e. The molecule has 0 aliphatic rings. The van der Waals surface area contributed by atoms with Crippen LogP contribution in [0.25, 0.3) is 0 Å². The summed E-state index contributed by atoms with van der Waals surface area (Å²) in [6, 6.07) is 6.91. The predicted octanol–water partition coefficient (Wildman–Crippen LogP) is 4.33. The molecule has 1 heterocycles. The van der Waals surface area contributed by atoms with Crippen molar-refractivity contribution in [1.82, 2.24) is 9.55 Å². The highest BCUT2D eigenvalue weighted by atomic mass is 19.3. The number of aliphatic hydroxyl groups is 1. The van der Waals surface area contributed by atoms with Gasteiger partial charge in [-0.3, -0.25) is 9.36 Å². The zero-order valence-electron chi connectivity index (χ0n) is 19.7. The molecule has 0 bridgehead atoms. The Morgan fingerprint density at radius 3 is 2.55 bits per heavy atom. The van der Waals surface area contributed by atoms with E-state index in [9.17, 15) is 23.5 Å². The minimum atomic E-state index is -2.96. The molecule has 4 atom stereocenters. The highest BCUT2D eigenvalue weighted by Gasteiger charge is 2.26. The smallest absolute Gasteiger partial charge is 0.351 e. The first-order valence-corrected chi connectivity index (χ1v) is 11.1. The zero-order chi connectivity index (χ0) is 24.7. The van der Waals surface area contributed by atoms with Crippen LogP contribution in [0.2, 0.25) is 0 Å². The van der Waals surface area contributed by atoms with Crippen LogP contribution in [-0.4, -0.2) is 39.2 Å². The van der Waals surface area contributed by atoms with E-state index in [2.05, 4.69) is 24.1 Å². The molecule has 1 amide bonds. The van der Waals surface area contributed by atoms with E-state index in [4.69, 9.17) is 4.74 Å². The van der Waals surface area contributed by atoms with Gasteiger partial charge in [0.25, 0.3) is 12.3 Å². The number of amides is 1. The molecule has 182 valence electrons. The van der Waals surface area contributed by atoms with Crippen molar-refractivity contribution in [2.45, 2.75) is 78.7 Å². The van der Waals surface area contributed by atoms with E-state index in [1.54, 1.807) is 6.07 Å². The Labute approximate surface area is 192 Å². The van der Waals surface area contributed by atoms with Gasteiger partial charge >= 0.3 is 5.69 Å². The number of benzene rings is 1. The van der Waals surface area contributed by atoms with Crippen LogP contribution in [0, 0.1) is 12.8 Å². The summed E-state index contributed by atoms with van der Waals surface area (Å²) >= 11 is 0. The first-order valence-electron chi connectivity index (χ1n) is 11.1. The molecule has 2 rings (SSSR count). The van der Waals surface area contributed by atoms with Crippen LogP contribution in [0.5, 0.6) is 0 Å². The molecule has 0 saturated carbocycles. The maximum atomic E-state index is 12.7. The molecule has 0 aliphatic heterocycles. The van der Waals surface area contributed by atoms with Crippen molar-refractivity contribution >= 4 is 11.7 Å². The molecule has 1 aromatic carbocycles. The number of halogens is 2. The molecule has 0 saturated heterocycles. The molecular weight excluding hydrogens is 432 g/mol. The van der Waals surface area contributed by atoms with Crippen LogP contribution in [-0.2, 0) is 11.2 Å². The number of aliphatic hydroxyl groups excluding tert-OH is 1. The van der Waals surface area contributed by atoms with Crippen molar-refractivity contribution in [1.29, 1.82) is 0 Å². The fraction of sp³-hybridized carbons (Fsp3) is 0.542. The van der Waals surface area contributed by atoms with Crippen LogP contribution in [0.3, 0.4) is 0 Å². The third-order valence-corrected chi connectivity index (χ3v) is 5.83.